The fourth-order valence-corrected chi connectivity index (χ4v) is 3.83. The summed E-state index contributed by atoms with van der Waals surface area (Å²) < 4.78 is 1.90. The van der Waals surface area contributed by atoms with Crippen molar-refractivity contribution in [1.29, 1.82) is 0 Å². The number of hydrogen-bond donors (Lipinski definition) is 2. The molecule has 0 aliphatic carbocycles. The Labute approximate surface area is 142 Å². The lowest BCUT2D eigenvalue weighted by Gasteiger charge is -2.05. The van der Waals surface area contributed by atoms with Gasteiger partial charge >= 0.3 is 0 Å². The molecule has 0 fully saturated rings. The average Bonchev–Trinajstić information content (AvgIpc) is 3.12. The fraction of sp³-hybridized carbons (Fsp3) is 0.235. The van der Waals surface area contributed by atoms with Gasteiger partial charge in [0.05, 0.1) is 5.69 Å². The highest BCUT2D eigenvalue weighted by atomic mass is 32.1. The van der Waals surface area contributed by atoms with Crippen molar-refractivity contribution in [2.24, 2.45) is 0 Å². The summed E-state index contributed by atoms with van der Waals surface area (Å²) in [5, 5.41) is 7.23. The van der Waals surface area contributed by atoms with Crippen LogP contribution in [0.15, 0.2) is 36.5 Å². The molecule has 1 aromatic carbocycles. The van der Waals surface area contributed by atoms with Gasteiger partial charge in [0.2, 0.25) is 5.91 Å². The lowest BCUT2D eigenvalue weighted by molar-refractivity contribution is -0.116. The van der Waals surface area contributed by atoms with Crippen LogP contribution in [-0.2, 0) is 17.8 Å². The second-order valence-corrected chi connectivity index (χ2v) is 6.70. The molecule has 2 aromatic heterocycles. The number of thiazole rings is 1. The summed E-state index contributed by atoms with van der Waals surface area (Å²) >= 11 is 1.24. The summed E-state index contributed by atoms with van der Waals surface area (Å²) in [5.41, 5.74) is 1.79. The van der Waals surface area contributed by atoms with E-state index >= 15 is 0 Å². The molecular weight excluding hydrogens is 324 g/mol. The van der Waals surface area contributed by atoms with Crippen LogP contribution in [-0.4, -0.2) is 27.9 Å². The average molecular weight is 340 g/mol. The molecule has 0 spiro atoms. The third-order valence-electron chi connectivity index (χ3n) is 4.02. The molecule has 7 heteroatoms. The van der Waals surface area contributed by atoms with Gasteiger partial charge in [0.1, 0.15) is 11.4 Å². The number of nitrogens with one attached hydrogen (secondary N) is 2. The zero-order valence-corrected chi connectivity index (χ0v) is 13.7. The second-order valence-electron chi connectivity index (χ2n) is 5.70. The molecule has 122 valence electrons. The minimum atomic E-state index is -0.152. The number of fused-ring (bicyclic) bond motifs is 2. The van der Waals surface area contributed by atoms with E-state index in [1.165, 1.54) is 11.3 Å². The molecule has 0 radical (unpaired) electrons. The third kappa shape index (κ3) is 2.78. The summed E-state index contributed by atoms with van der Waals surface area (Å²) in [5.74, 6) is -0.252. The quantitative estimate of drug-likeness (QED) is 0.769. The summed E-state index contributed by atoms with van der Waals surface area (Å²) in [6.45, 7) is 0.883. The molecule has 6 nitrogen and oxygen atoms in total. The van der Waals surface area contributed by atoms with Gasteiger partial charge in [-0.1, -0.05) is 29.5 Å². The number of carbonyl (C=O) groups is 2. The molecule has 0 saturated heterocycles. The van der Waals surface area contributed by atoms with Crippen LogP contribution in [0, 0.1) is 0 Å². The molecule has 0 unspecified atom stereocenters. The Bertz CT molecular complexity index is 928. The number of aromatic nitrogens is 2. The van der Waals surface area contributed by atoms with Gasteiger partial charge in [-0.05, 0) is 30.4 Å². The number of carbonyl (C=O) groups excluding carboxylic acids is 2. The maximum Gasteiger partial charge on any atom is 0.263 e. The van der Waals surface area contributed by atoms with E-state index in [1.54, 1.807) is 0 Å². The number of amides is 2. The minimum absolute atomic E-state index is 0.100. The van der Waals surface area contributed by atoms with Crippen LogP contribution in [0.2, 0.25) is 0 Å². The van der Waals surface area contributed by atoms with Crippen LogP contribution in [0.25, 0.3) is 10.9 Å². The van der Waals surface area contributed by atoms with Crippen molar-refractivity contribution < 1.29 is 9.59 Å². The van der Waals surface area contributed by atoms with Gasteiger partial charge in [-0.25, -0.2) is 4.98 Å². The molecular formula is C17H16N4O2S. The number of rotatable bonds is 3. The lowest BCUT2D eigenvalue weighted by Crippen LogP contribution is -2.21. The zero-order chi connectivity index (χ0) is 16.5. The van der Waals surface area contributed by atoms with Gasteiger partial charge in [0.25, 0.3) is 5.91 Å². The van der Waals surface area contributed by atoms with Crippen LogP contribution in [0.3, 0.4) is 0 Å². The molecule has 1 aliphatic heterocycles. The lowest BCUT2D eigenvalue weighted by atomic mass is 10.2. The van der Waals surface area contributed by atoms with Crippen molar-refractivity contribution in [3.8, 4) is 0 Å². The number of benzene rings is 1. The van der Waals surface area contributed by atoms with Crippen LogP contribution >= 0.6 is 11.3 Å². The van der Waals surface area contributed by atoms with E-state index in [1.807, 2.05) is 41.1 Å². The Morgan fingerprint density at radius 3 is 3.12 bits per heavy atom. The summed E-state index contributed by atoms with van der Waals surface area (Å²) in [6, 6.07) is 9.91. The van der Waals surface area contributed by atoms with Gasteiger partial charge in [-0.15, -0.1) is 0 Å². The van der Waals surface area contributed by atoms with E-state index in [2.05, 4.69) is 15.6 Å². The van der Waals surface area contributed by atoms with Crippen molar-refractivity contribution in [3.05, 3.63) is 47.1 Å². The second kappa shape index (κ2) is 6.09. The van der Waals surface area contributed by atoms with Crippen molar-refractivity contribution in [1.82, 2.24) is 14.9 Å². The Hall–Kier alpha value is -2.67. The third-order valence-corrected chi connectivity index (χ3v) is 5.03. The van der Waals surface area contributed by atoms with Crippen molar-refractivity contribution in [2.75, 3.05) is 11.9 Å². The molecule has 1 aliphatic rings. The van der Waals surface area contributed by atoms with Gasteiger partial charge in [0.15, 0.2) is 5.13 Å². The highest BCUT2D eigenvalue weighted by Crippen LogP contribution is 2.25. The van der Waals surface area contributed by atoms with E-state index in [-0.39, 0.29) is 18.4 Å². The van der Waals surface area contributed by atoms with E-state index in [0.29, 0.717) is 16.6 Å². The molecule has 0 bridgehead atoms. The SMILES string of the molecule is O=C(Cn1ccc2ccccc21)Nc1nc2c(s1)C(=O)NCCC2. The van der Waals surface area contributed by atoms with E-state index in [0.717, 1.165) is 29.4 Å². The summed E-state index contributed by atoms with van der Waals surface area (Å²) in [6.07, 6.45) is 3.52. The highest BCUT2D eigenvalue weighted by molar-refractivity contribution is 7.17. The molecule has 2 N–H and O–H groups in total. The number of para-hydroxylation sites is 1. The highest BCUT2D eigenvalue weighted by Gasteiger charge is 2.21. The van der Waals surface area contributed by atoms with E-state index < -0.39 is 0 Å². The number of aryl methyl sites for hydroxylation is 1. The first-order valence-corrected chi connectivity index (χ1v) is 8.64. The molecule has 4 rings (SSSR count). The monoisotopic (exact) mass is 340 g/mol. The van der Waals surface area contributed by atoms with Crippen LogP contribution in [0.5, 0.6) is 0 Å². The molecule has 0 saturated carbocycles. The molecule has 24 heavy (non-hydrogen) atoms. The molecule has 3 aromatic rings. The maximum absolute atomic E-state index is 12.3. The van der Waals surface area contributed by atoms with Gasteiger partial charge in [-0.2, -0.15) is 0 Å². The van der Waals surface area contributed by atoms with Crippen LogP contribution in [0.4, 0.5) is 5.13 Å². The predicted molar refractivity (Wildman–Crippen MR) is 93.3 cm³/mol. The molecule has 2 amide bonds. The number of anilines is 1. The maximum atomic E-state index is 12.3. The summed E-state index contributed by atoms with van der Waals surface area (Å²) in [7, 11) is 0. The van der Waals surface area contributed by atoms with Crippen molar-refractivity contribution >= 4 is 39.2 Å². The smallest absolute Gasteiger partial charge is 0.263 e. The Balaban J connectivity index is 1.50. The fourth-order valence-electron chi connectivity index (χ4n) is 2.88. The Morgan fingerprint density at radius 1 is 1.33 bits per heavy atom. The first-order valence-electron chi connectivity index (χ1n) is 7.82. The first-order chi connectivity index (χ1) is 11.7. The number of nitrogens with zero attached hydrogens (tertiary/aromatic N) is 2. The van der Waals surface area contributed by atoms with Gasteiger partial charge in [0, 0.05) is 18.3 Å². The largest absolute Gasteiger partial charge is 0.351 e. The zero-order valence-electron chi connectivity index (χ0n) is 12.9. The van der Waals surface area contributed by atoms with E-state index in [9.17, 15) is 9.59 Å². The van der Waals surface area contributed by atoms with Crippen LogP contribution in [0.1, 0.15) is 21.8 Å². The van der Waals surface area contributed by atoms with Gasteiger partial charge < -0.3 is 15.2 Å². The first kappa shape index (κ1) is 14.9. The summed E-state index contributed by atoms with van der Waals surface area (Å²) in [4.78, 5) is 29.3. The van der Waals surface area contributed by atoms with Crippen molar-refractivity contribution in [3.63, 3.8) is 0 Å². The van der Waals surface area contributed by atoms with Crippen molar-refractivity contribution in [2.45, 2.75) is 19.4 Å². The number of hydrogen-bond acceptors (Lipinski definition) is 4. The Morgan fingerprint density at radius 2 is 2.21 bits per heavy atom. The molecule has 3 heterocycles. The van der Waals surface area contributed by atoms with Gasteiger partial charge in [-0.3, -0.25) is 9.59 Å². The standard InChI is InChI=1S/C17H16N4O2S/c22-14(10-21-9-7-11-4-1-2-6-13(11)21)20-17-19-12-5-3-8-18-16(23)15(12)24-17/h1-2,4,6-7,9H,3,5,8,10H2,(H,18,23)(H,19,20,22). The Kier molecular flexibility index (Phi) is 3.78. The topological polar surface area (TPSA) is 76.0 Å². The minimum Gasteiger partial charge on any atom is -0.351 e. The van der Waals surface area contributed by atoms with Crippen LogP contribution < -0.4 is 10.6 Å². The normalized spacial score (nSPS) is 14.1. The van der Waals surface area contributed by atoms with E-state index in [4.69, 9.17) is 0 Å². The predicted octanol–water partition coefficient (Wildman–Crippen LogP) is 2.41. The molecule has 0 atom stereocenters.